The minimum absolute atomic E-state index is 0.530. The highest BCUT2D eigenvalue weighted by Gasteiger charge is 2.46. The van der Waals surface area contributed by atoms with Gasteiger partial charge in [-0.3, -0.25) is 0 Å². The Morgan fingerprint density at radius 3 is 1.30 bits per heavy atom. The molecule has 4 nitrogen and oxygen atoms in total. The van der Waals surface area contributed by atoms with E-state index in [9.17, 15) is 0 Å². The smallest absolute Gasteiger partial charge is 0.130 e. The summed E-state index contributed by atoms with van der Waals surface area (Å²) in [5.74, 6) is 3.29. The minimum atomic E-state index is -0.530. The fraction of sp³-hybridized carbons (Fsp3) is 0.163. The lowest BCUT2D eigenvalue weighted by Gasteiger charge is -2.35. The molecule has 0 aromatic heterocycles. The Morgan fingerprint density at radius 1 is 0.489 bits per heavy atom. The number of rotatable bonds is 10. The Kier molecular flexibility index (Phi) is 8.17. The number of hydrogen-bond donors (Lipinski definition) is 2. The summed E-state index contributed by atoms with van der Waals surface area (Å²) in [5, 5.41) is 0. The topological polar surface area (TPSA) is 70.5 Å². The second-order valence-electron chi connectivity index (χ2n) is 12.3. The summed E-state index contributed by atoms with van der Waals surface area (Å²) in [6, 6.07) is 46.4. The first kappa shape index (κ1) is 30.2. The van der Waals surface area contributed by atoms with Crippen molar-refractivity contribution < 1.29 is 9.47 Å². The van der Waals surface area contributed by atoms with Crippen LogP contribution in [-0.2, 0) is 18.3 Å². The first-order chi connectivity index (χ1) is 23.0. The molecule has 6 aromatic rings. The molecule has 0 saturated carbocycles. The third kappa shape index (κ3) is 5.50. The second-order valence-corrected chi connectivity index (χ2v) is 12.3. The first-order valence-electron chi connectivity index (χ1n) is 16.5. The largest absolute Gasteiger partial charge is 0.457 e. The first-order valence-corrected chi connectivity index (χ1v) is 16.5. The van der Waals surface area contributed by atoms with Crippen molar-refractivity contribution >= 4 is 11.4 Å². The molecule has 6 aromatic carbocycles. The van der Waals surface area contributed by atoms with Crippen LogP contribution in [0.1, 0.15) is 60.1 Å². The Morgan fingerprint density at radius 2 is 0.894 bits per heavy atom. The van der Waals surface area contributed by atoms with E-state index in [0.29, 0.717) is 11.4 Å². The zero-order valence-corrected chi connectivity index (χ0v) is 27.0. The molecule has 4 N–H and O–H groups in total. The summed E-state index contributed by atoms with van der Waals surface area (Å²) in [6.45, 7) is 4.43. The number of fused-ring (bicyclic) bond motifs is 3. The van der Waals surface area contributed by atoms with Gasteiger partial charge < -0.3 is 20.9 Å². The molecule has 0 atom stereocenters. The van der Waals surface area contributed by atoms with Gasteiger partial charge in [0, 0.05) is 11.4 Å². The van der Waals surface area contributed by atoms with Crippen LogP contribution in [0.4, 0.5) is 11.4 Å². The van der Waals surface area contributed by atoms with Crippen LogP contribution in [-0.4, -0.2) is 0 Å². The molecule has 7 rings (SSSR count). The van der Waals surface area contributed by atoms with Crippen LogP contribution in [0, 0.1) is 0 Å². The van der Waals surface area contributed by atoms with Crippen LogP contribution in [0.3, 0.4) is 0 Å². The lowest BCUT2D eigenvalue weighted by atomic mass is 9.67. The summed E-state index contributed by atoms with van der Waals surface area (Å²) in [6.07, 6.45) is 3.79. The van der Waals surface area contributed by atoms with Gasteiger partial charge in [0.15, 0.2) is 0 Å². The van der Waals surface area contributed by atoms with E-state index in [1.165, 1.54) is 44.5 Å². The second kappa shape index (κ2) is 12.7. The number of ether oxygens (including phenoxy) is 2. The van der Waals surface area contributed by atoms with Crippen molar-refractivity contribution in [1.82, 2.24) is 0 Å². The van der Waals surface area contributed by atoms with Crippen LogP contribution in [0.5, 0.6) is 23.0 Å². The number of anilines is 2. The fourth-order valence-electron chi connectivity index (χ4n) is 7.10. The van der Waals surface area contributed by atoms with Gasteiger partial charge in [0.1, 0.15) is 23.0 Å². The number of nitrogens with two attached hydrogens (primary N) is 2. The van der Waals surface area contributed by atoms with E-state index in [2.05, 4.69) is 98.8 Å². The number of hydrogen-bond acceptors (Lipinski definition) is 4. The maximum absolute atomic E-state index is 6.46. The highest BCUT2D eigenvalue weighted by atomic mass is 16.5. The third-order valence-corrected chi connectivity index (χ3v) is 9.19. The van der Waals surface area contributed by atoms with E-state index in [1.54, 1.807) is 0 Å². The van der Waals surface area contributed by atoms with Gasteiger partial charge in [0.05, 0.1) is 5.41 Å². The molecule has 1 aliphatic rings. The summed E-state index contributed by atoms with van der Waals surface area (Å²) in [7, 11) is 0. The van der Waals surface area contributed by atoms with Gasteiger partial charge in [0.2, 0.25) is 0 Å². The van der Waals surface area contributed by atoms with Crippen molar-refractivity contribution in [3.8, 4) is 34.1 Å². The van der Waals surface area contributed by atoms with Crippen LogP contribution < -0.4 is 20.9 Å². The monoisotopic (exact) mass is 616 g/mol. The van der Waals surface area contributed by atoms with Crippen molar-refractivity contribution in [2.24, 2.45) is 0 Å². The molecule has 47 heavy (non-hydrogen) atoms. The number of aryl methyl sites for hydroxylation is 2. The molecule has 0 amide bonds. The summed E-state index contributed by atoms with van der Waals surface area (Å²) >= 11 is 0. The Bertz CT molecular complexity index is 1880. The van der Waals surface area contributed by atoms with Crippen molar-refractivity contribution in [2.45, 2.75) is 44.9 Å². The average molecular weight is 617 g/mol. The average Bonchev–Trinajstić information content (AvgIpc) is 3.40. The molecule has 0 radical (unpaired) electrons. The van der Waals surface area contributed by atoms with Gasteiger partial charge in [-0.05, 0) is 118 Å². The van der Waals surface area contributed by atoms with Crippen LogP contribution in [0.2, 0.25) is 0 Å². The predicted octanol–water partition coefficient (Wildman–Crippen LogP) is 10.7. The van der Waals surface area contributed by atoms with Crippen LogP contribution in [0.25, 0.3) is 11.1 Å². The van der Waals surface area contributed by atoms with Crippen molar-refractivity contribution in [3.05, 3.63) is 167 Å². The van der Waals surface area contributed by atoms with E-state index in [4.69, 9.17) is 20.9 Å². The van der Waals surface area contributed by atoms with E-state index >= 15 is 0 Å². The normalized spacial score (nSPS) is 12.7. The molecular formula is C43H40N2O2. The fourth-order valence-corrected chi connectivity index (χ4v) is 7.10. The van der Waals surface area contributed by atoms with E-state index in [0.717, 1.165) is 48.7 Å². The van der Waals surface area contributed by atoms with Crippen molar-refractivity contribution in [1.29, 1.82) is 0 Å². The third-order valence-electron chi connectivity index (χ3n) is 9.19. The molecule has 0 heterocycles. The zero-order chi connectivity index (χ0) is 32.4. The molecule has 0 bridgehead atoms. The maximum Gasteiger partial charge on any atom is 0.130 e. The molecule has 234 valence electrons. The Balaban J connectivity index is 1.43. The maximum atomic E-state index is 6.46. The quantitative estimate of drug-likeness (QED) is 0.150. The molecule has 0 saturated heterocycles. The number of benzene rings is 6. The molecule has 0 aliphatic heterocycles. The molecule has 0 unspecified atom stereocenters. The lowest BCUT2D eigenvalue weighted by molar-refractivity contribution is 0.474. The van der Waals surface area contributed by atoms with Crippen LogP contribution >= 0.6 is 0 Å². The van der Waals surface area contributed by atoms with Gasteiger partial charge in [-0.1, -0.05) is 99.5 Å². The Labute approximate surface area is 277 Å². The lowest BCUT2D eigenvalue weighted by Crippen LogP contribution is -2.29. The van der Waals surface area contributed by atoms with Crippen molar-refractivity contribution in [2.75, 3.05) is 11.5 Å². The predicted molar refractivity (Wildman–Crippen MR) is 194 cm³/mol. The van der Waals surface area contributed by atoms with Crippen LogP contribution in [0.15, 0.2) is 133 Å². The van der Waals surface area contributed by atoms with Gasteiger partial charge in [0.25, 0.3) is 0 Å². The SMILES string of the molecule is CCCc1cc(C2(c3ccc(Oc4ccc(N)cc4)c(CCC)c3)c3ccccc3-c3ccccc32)ccc1Oc1ccc(N)cc1. The van der Waals surface area contributed by atoms with Gasteiger partial charge in [-0.2, -0.15) is 0 Å². The summed E-state index contributed by atoms with van der Waals surface area (Å²) < 4.78 is 12.9. The molecule has 0 fully saturated rings. The van der Waals surface area contributed by atoms with Gasteiger partial charge >= 0.3 is 0 Å². The molecule has 4 heteroatoms. The molecule has 1 aliphatic carbocycles. The minimum Gasteiger partial charge on any atom is -0.457 e. The highest BCUT2D eigenvalue weighted by molar-refractivity contribution is 5.86. The molecular weight excluding hydrogens is 576 g/mol. The van der Waals surface area contributed by atoms with Gasteiger partial charge in [-0.15, -0.1) is 0 Å². The van der Waals surface area contributed by atoms with E-state index in [1.807, 2.05) is 48.5 Å². The summed E-state index contributed by atoms with van der Waals surface area (Å²) in [5.41, 5.74) is 22.7. The highest BCUT2D eigenvalue weighted by Crippen LogP contribution is 2.57. The standard InChI is InChI=1S/C43H40N2O2/c1-3-9-29-27-31(15-25-41(29)46-35-21-17-33(44)18-22-35)43(39-13-7-5-11-37(39)38-12-6-8-14-40(38)43)32-16-26-42(30(28-32)10-4-2)47-36-23-19-34(45)20-24-36/h5-8,11-28H,3-4,9-10,44-45H2,1-2H3. The van der Waals surface area contributed by atoms with Gasteiger partial charge in [-0.25, -0.2) is 0 Å². The Hall–Kier alpha value is -5.48. The summed E-state index contributed by atoms with van der Waals surface area (Å²) in [4.78, 5) is 0. The van der Waals surface area contributed by atoms with E-state index in [-0.39, 0.29) is 0 Å². The van der Waals surface area contributed by atoms with Crippen molar-refractivity contribution in [3.63, 3.8) is 0 Å². The zero-order valence-electron chi connectivity index (χ0n) is 27.0. The molecule has 0 spiro atoms. The van der Waals surface area contributed by atoms with E-state index < -0.39 is 5.41 Å². The number of nitrogen functional groups attached to an aromatic ring is 2.